The lowest BCUT2D eigenvalue weighted by molar-refractivity contribution is -0.159. The highest BCUT2D eigenvalue weighted by atomic mass is 16.2. The molecule has 2 atom stereocenters. The number of nitrogens with one attached hydrogen (secondary N) is 1. The van der Waals surface area contributed by atoms with E-state index in [0.29, 0.717) is 18.8 Å². The number of hydrogen-bond acceptors (Lipinski definition) is 2. The van der Waals surface area contributed by atoms with Crippen LogP contribution in [-0.2, 0) is 9.59 Å². The average Bonchev–Trinajstić information content (AvgIpc) is 3.24. The van der Waals surface area contributed by atoms with Crippen molar-refractivity contribution in [3.05, 3.63) is 0 Å². The normalized spacial score (nSPS) is 28.2. The molecule has 2 aliphatic rings. The first-order chi connectivity index (χ1) is 9.00. The van der Waals surface area contributed by atoms with E-state index in [2.05, 4.69) is 19.2 Å². The van der Waals surface area contributed by atoms with E-state index in [4.69, 9.17) is 0 Å². The van der Waals surface area contributed by atoms with E-state index in [-0.39, 0.29) is 23.9 Å². The van der Waals surface area contributed by atoms with E-state index in [1.54, 1.807) is 0 Å². The van der Waals surface area contributed by atoms with Crippen molar-refractivity contribution >= 4 is 11.8 Å². The molecule has 0 aromatic heterocycles. The van der Waals surface area contributed by atoms with Gasteiger partial charge in [-0.2, -0.15) is 0 Å². The number of rotatable bonds is 5. The lowest BCUT2D eigenvalue weighted by atomic mass is 9.85. The van der Waals surface area contributed by atoms with Crippen molar-refractivity contribution in [2.24, 2.45) is 5.92 Å². The van der Waals surface area contributed by atoms with Gasteiger partial charge >= 0.3 is 0 Å². The molecule has 1 saturated carbocycles. The number of amides is 2. The van der Waals surface area contributed by atoms with Gasteiger partial charge in [0.15, 0.2) is 0 Å². The zero-order valence-electron chi connectivity index (χ0n) is 12.5. The zero-order valence-corrected chi connectivity index (χ0v) is 12.5. The SMILES string of the molecule is CCC(C)N1C(=O)C(CC)(CC)NC(=O)C1C1CC1. The second-order valence-electron chi connectivity index (χ2n) is 6.03. The third kappa shape index (κ3) is 2.26. The molecule has 2 amide bonds. The fraction of sp³-hybridized carbons (Fsp3) is 0.867. The number of nitrogens with zero attached hydrogens (tertiary/aromatic N) is 1. The molecule has 2 unspecified atom stereocenters. The van der Waals surface area contributed by atoms with Crippen LogP contribution in [0.5, 0.6) is 0 Å². The average molecular weight is 266 g/mol. The van der Waals surface area contributed by atoms with Gasteiger partial charge in [0.25, 0.3) is 0 Å². The van der Waals surface area contributed by atoms with Crippen molar-refractivity contribution < 1.29 is 9.59 Å². The molecule has 2 fully saturated rings. The molecule has 0 aromatic carbocycles. The summed E-state index contributed by atoms with van der Waals surface area (Å²) < 4.78 is 0. The van der Waals surface area contributed by atoms with Crippen molar-refractivity contribution in [1.82, 2.24) is 10.2 Å². The monoisotopic (exact) mass is 266 g/mol. The number of carbonyl (C=O) groups is 2. The minimum atomic E-state index is -0.675. The molecule has 0 bridgehead atoms. The summed E-state index contributed by atoms with van der Waals surface area (Å²) in [5, 5.41) is 3.03. The highest BCUT2D eigenvalue weighted by Gasteiger charge is 2.54. The van der Waals surface area contributed by atoms with Gasteiger partial charge in [0.05, 0.1) is 0 Å². The van der Waals surface area contributed by atoms with Gasteiger partial charge in [-0.15, -0.1) is 0 Å². The van der Waals surface area contributed by atoms with Crippen LogP contribution in [0.15, 0.2) is 0 Å². The second-order valence-corrected chi connectivity index (χ2v) is 6.03. The van der Waals surface area contributed by atoms with Crippen LogP contribution in [0.1, 0.15) is 59.8 Å². The molecular weight excluding hydrogens is 240 g/mol. The molecule has 1 saturated heterocycles. The standard InChI is InChI=1S/C15H26N2O2/c1-5-10(4)17-12(11-8-9-11)13(18)16-15(6-2,7-3)14(17)19/h10-12H,5-9H2,1-4H3,(H,16,18). The molecule has 0 spiro atoms. The quantitative estimate of drug-likeness (QED) is 0.828. The van der Waals surface area contributed by atoms with E-state index in [1.165, 1.54) is 0 Å². The lowest BCUT2D eigenvalue weighted by Gasteiger charge is -2.48. The maximum absolute atomic E-state index is 12.9. The first kappa shape index (κ1) is 14.4. The fourth-order valence-corrected chi connectivity index (χ4v) is 3.12. The summed E-state index contributed by atoms with van der Waals surface area (Å²) in [6.07, 6.45) is 4.37. The van der Waals surface area contributed by atoms with Crippen molar-refractivity contribution in [1.29, 1.82) is 0 Å². The zero-order chi connectivity index (χ0) is 14.2. The summed E-state index contributed by atoms with van der Waals surface area (Å²) in [5.74, 6) is 0.569. The van der Waals surface area contributed by atoms with Crippen molar-refractivity contribution in [3.8, 4) is 0 Å². The molecule has 1 N–H and O–H groups in total. The minimum absolute atomic E-state index is 0.0612. The van der Waals surface area contributed by atoms with Crippen LogP contribution in [0, 0.1) is 5.92 Å². The fourth-order valence-electron chi connectivity index (χ4n) is 3.12. The third-order valence-corrected chi connectivity index (χ3v) is 4.92. The Bertz CT molecular complexity index is 372. The molecule has 0 radical (unpaired) electrons. The van der Waals surface area contributed by atoms with Crippen LogP contribution in [0.2, 0.25) is 0 Å². The number of carbonyl (C=O) groups excluding carboxylic acids is 2. The molecule has 0 aromatic rings. The van der Waals surface area contributed by atoms with Gasteiger partial charge in [0.1, 0.15) is 11.6 Å². The third-order valence-electron chi connectivity index (χ3n) is 4.92. The van der Waals surface area contributed by atoms with Gasteiger partial charge in [-0.1, -0.05) is 20.8 Å². The molecule has 2 rings (SSSR count). The summed E-state index contributed by atoms with van der Waals surface area (Å²) in [6.45, 7) is 8.10. The van der Waals surface area contributed by atoms with E-state index in [9.17, 15) is 9.59 Å². The van der Waals surface area contributed by atoms with Crippen LogP contribution in [0.3, 0.4) is 0 Å². The Labute approximate surface area is 115 Å². The first-order valence-electron chi connectivity index (χ1n) is 7.65. The van der Waals surface area contributed by atoms with Crippen LogP contribution in [0.25, 0.3) is 0 Å². The smallest absolute Gasteiger partial charge is 0.249 e. The molecule has 4 nitrogen and oxygen atoms in total. The summed E-state index contributed by atoms with van der Waals surface area (Å²) in [6, 6.07) is -0.0877. The molecule has 1 aliphatic heterocycles. The predicted molar refractivity (Wildman–Crippen MR) is 74.6 cm³/mol. The van der Waals surface area contributed by atoms with Crippen molar-refractivity contribution in [3.63, 3.8) is 0 Å². The Morgan fingerprint density at radius 1 is 1.26 bits per heavy atom. The van der Waals surface area contributed by atoms with Gasteiger partial charge in [0, 0.05) is 6.04 Å². The largest absolute Gasteiger partial charge is 0.340 e. The van der Waals surface area contributed by atoms with E-state index in [1.807, 2.05) is 18.7 Å². The summed E-state index contributed by atoms with van der Waals surface area (Å²) in [4.78, 5) is 27.3. The van der Waals surface area contributed by atoms with Gasteiger partial charge in [-0.25, -0.2) is 0 Å². The summed E-state index contributed by atoms with van der Waals surface area (Å²) in [7, 11) is 0. The van der Waals surface area contributed by atoms with Crippen molar-refractivity contribution in [2.45, 2.75) is 77.4 Å². The highest BCUT2D eigenvalue weighted by Crippen LogP contribution is 2.40. The topological polar surface area (TPSA) is 49.4 Å². The highest BCUT2D eigenvalue weighted by molar-refractivity contribution is 6.00. The molecule has 108 valence electrons. The first-order valence-corrected chi connectivity index (χ1v) is 7.65. The predicted octanol–water partition coefficient (Wildman–Crippen LogP) is 2.08. The minimum Gasteiger partial charge on any atom is -0.340 e. The Balaban J connectivity index is 2.35. The molecule has 4 heteroatoms. The Morgan fingerprint density at radius 3 is 2.26 bits per heavy atom. The van der Waals surface area contributed by atoms with Gasteiger partial charge < -0.3 is 10.2 Å². The Hall–Kier alpha value is -1.06. The van der Waals surface area contributed by atoms with Gasteiger partial charge in [-0.05, 0) is 44.9 Å². The molecule has 19 heavy (non-hydrogen) atoms. The summed E-state index contributed by atoms with van der Waals surface area (Å²) >= 11 is 0. The number of hydrogen-bond donors (Lipinski definition) is 1. The van der Waals surface area contributed by atoms with Crippen LogP contribution >= 0.6 is 0 Å². The second kappa shape index (κ2) is 5.14. The molecule has 1 aliphatic carbocycles. The summed E-state index contributed by atoms with van der Waals surface area (Å²) in [5.41, 5.74) is -0.675. The van der Waals surface area contributed by atoms with Crippen LogP contribution < -0.4 is 5.32 Å². The molecule has 1 heterocycles. The van der Waals surface area contributed by atoms with Gasteiger partial charge in [-0.3, -0.25) is 9.59 Å². The Kier molecular flexibility index (Phi) is 3.88. The van der Waals surface area contributed by atoms with Crippen molar-refractivity contribution in [2.75, 3.05) is 0 Å². The van der Waals surface area contributed by atoms with Crippen LogP contribution in [0.4, 0.5) is 0 Å². The lowest BCUT2D eigenvalue weighted by Crippen LogP contribution is -2.71. The van der Waals surface area contributed by atoms with E-state index >= 15 is 0 Å². The van der Waals surface area contributed by atoms with Crippen LogP contribution in [-0.4, -0.2) is 34.3 Å². The van der Waals surface area contributed by atoms with Gasteiger partial charge in [0.2, 0.25) is 11.8 Å². The number of piperazine rings is 1. The Morgan fingerprint density at radius 2 is 1.84 bits per heavy atom. The van der Waals surface area contributed by atoms with E-state index < -0.39 is 5.54 Å². The van der Waals surface area contributed by atoms with E-state index in [0.717, 1.165) is 19.3 Å². The molecular formula is C15H26N2O2. The maximum Gasteiger partial charge on any atom is 0.249 e. The maximum atomic E-state index is 12.9.